The van der Waals surface area contributed by atoms with Gasteiger partial charge in [-0.2, -0.15) is 9.67 Å². The van der Waals surface area contributed by atoms with Crippen molar-refractivity contribution in [3.8, 4) is 11.6 Å². The molecule has 0 saturated carbocycles. The Morgan fingerprint density at radius 3 is 3.00 bits per heavy atom. The van der Waals surface area contributed by atoms with Gasteiger partial charge in [0.25, 0.3) is 5.91 Å². The van der Waals surface area contributed by atoms with Crippen molar-refractivity contribution in [2.24, 2.45) is 0 Å². The number of nitrogens with zero attached hydrogens (tertiary/aromatic N) is 4. The Kier molecular flexibility index (Phi) is 3.34. The quantitative estimate of drug-likeness (QED) is 0.714. The normalized spacial score (nSPS) is 10.6. The zero-order chi connectivity index (χ0) is 15.7. The highest BCUT2D eigenvalue weighted by Gasteiger charge is 2.13. The van der Waals surface area contributed by atoms with Gasteiger partial charge in [0.05, 0.1) is 18.8 Å². The monoisotopic (exact) mass is 298 g/mol. The fraction of sp³-hybridized carbons (Fsp3) is 0.143. The molecule has 0 aromatic carbocycles. The number of aromatic amines is 1. The van der Waals surface area contributed by atoms with Crippen molar-refractivity contribution in [3.63, 3.8) is 0 Å². The number of hydrogen-bond acceptors (Lipinski definition) is 5. The van der Waals surface area contributed by atoms with Crippen LogP contribution in [0, 0.1) is 0 Å². The number of hydrogen-bond donors (Lipinski definition) is 2. The molecule has 3 aromatic rings. The molecule has 3 aromatic heterocycles. The number of anilines is 1. The van der Waals surface area contributed by atoms with E-state index in [0.717, 1.165) is 10.9 Å². The van der Waals surface area contributed by atoms with Crippen LogP contribution in [-0.2, 0) is 4.79 Å². The molecule has 0 aliphatic heterocycles. The van der Waals surface area contributed by atoms with E-state index in [1.807, 2.05) is 6.07 Å². The van der Waals surface area contributed by atoms with Crippen LogP contribution in [0.4, 0.5) is 5.95 Å². The molecule has 8 nitrogen and oxygen atoms in total. The van der Waals surface area contributed by atoms with Gasteiger partial charge in [-0.05, 0) is 13.0 Å². The number of carbonyl (C=O) groups excluding carboxylic acids is 1. The van der Waals surface area contributed by atoms with E-state index in [1.54, 1.807) is 26.4 Å². The molecule has 112 valence electrons. The third kappa shape index (κ3) is 2.30. The summed E-state index contributed by atoms with van der Waals surface area (Å²) in [6, 6.07) is 1.89. The van der Waals surface area contributed by atoms with Gasteiger partial charge in [0.15, 0.2) is 5.82 Å². The number of pyridine rings is 1. The van der Waals surface area contributed by atoms with Crippen LogP contribution in [0.2, 0.25) is 0 Å². The van der Waals surface area contributed by atoms with Crippen molar-refractivity contribution in [1.82, 2.24) is 24.7 Å². The highest BCUT2D eigenvalue weighted by atomic mass is 16.5. The van der Waals surface area contributed by atoms with E-state index in [9.17, 15) is 4.79 Å². The molecule has 0 aliphatic carbocycles. The molecule has 0 spiro atoms. The van der Waals surface area contributed by atoms with E-state index in [2.05, 4.69) is 31.9 Å². The number of H-pyrrole nitrogens is 1. The molecule has 0 bridgehead atoms. The molecule has 22 heavy (non-hydrogen) atoms. The van der Waals surface area contributed by atoms with Gasteiger partial charge in [0, 0.05) is 17.2 Å². The topological polar surface area (TPSA) is 97.7 Å². The molecule has 0 aliphatic rings. The van der Waals surface area contributed by atoms with Gasteiger partial charge in [-0.15, -0.1) is 5.10 Å². The summed E-state index contributed by atoms with van der Waals surface area (Å²) in [6.07, 6.45) is 4.88. The Hall–Kier alpha value is -3.16. The van der Waals surface area contributed by atoms with Crippen LogP contribution in [-0.4, -0.2) is 37.7 Å². The predicted molar refractivity (Wildman–Crippen MR) is 81.0 cm³/mol. The number of fused-ring (bicyclic) bond motifs is 1. The minimum atomic E-state index is -0.328. The summed E-state index contributed by atoms with van der Waals surface area (Å²) in [4.78, 5) is 23.0. The van der Waals surface area contributed by atoms with Crippen LogP contribution >= 0.6 is 0 Å². The Balaban J connectivity index is 1.99. The summed E-state index contributed by atoms with van der Waals surface area (Å²) in [5.74, 6) is 1.08. The number of nitrogens with one attached hydrogen (secondary N) is 2. The number of rotatable bonds is 4. The third-order valence-corrected chi connectivity index (χ3v) is 3.08. The second-order valence-electron chi connectivity index (χ2n) is 4.66. The fourth-order valence-corrected chi connectivity index (χ4v) is 1.98. The van der Waals surface area contributed by atoms with Crippen LogP contribution in [0.1, 0.15) is 6.92 Å². The first kappa shape index (κ1) is 13.8. The van der Waals surface area contributed by atoms with Gasteiger partial charge >= 0.3 is 0 Å². The molecule has 8 heteroatoms. The summed E-state index contributed by atoms with van der Waals surface area (Å²) >= 11 is 0. The van der Waals surface area contributed by atoms with Crippen LogP contribution in [0.15, 0.2) is 36.9 Å². The summed E-state index contributed by atoms with van der Waals surface area (Å²) in [6.45, 7) is 5.17. The van der Waals surface area contributed by atoms with Crippen LogP contribution in [0.5, 0.6) is 5.75 Å². The molecule has 0 saturated heterocycles. The maximum absolute atomic E-state index is 11.6. The van der Waals surface area contributed by atoms with E-state index in [1.165, 1.54) is 11.0 Å². The Bertz CT molecular complexity index is 863. The average molecular weight is 298 g/mol. The zero-order valence-electron chi connectivity index (χ0n) is 12.1. The summed E-state index contributed by atoms with van der Waals surface area (Å²) in [7, 11) is 1.59. The molecule has 0 fully saturated rings. The van der Waals surface area contributed by atoms with Gasteiger partial charge in [0.2, 0.25) is 5.95 Å². The van der Waals surface area contributed by atoms with Gasteiger partial charge in [0.1, 0.15) is 12.1 Å². The van der Waals surface area contributed by atoms with Gasteiger partial charge in [-0.3, -0.25) is 10.1 Å². The zero-order valence-corrected chi connectivity index (χ0v) is 12.1. The molecular weight excluding hydrogens is 284 g/mol. The average Bonchev–Trinajstić information content (AvgIpc) is 3.15. The van der Waals surface area contributed by atoms with Crippen molar-refractivity contribution in [2.75, 3.05) is 12.4 Å². The molecular formula is C14H14N6O2. The number of methoxy groups -OCH3 is 1. The van der Waals surface area contributed by atoms with E-state index in [-0.39, 0.29) is 11.9 Å². The van der Waals surface area contributed by atoms with Gasteiger partial charge in [-0.25, -0.2) is 4.98 Å². The first-order valence-corrected chi connectivity index (χ1v) is 6.49. The molecule has 0 radical (unpaired) electrons. The molecule has 3 rings (SSSR count). The largest absolute Gasteiger partial charge is 0.494 e. The molecule has 0 unspecified atom stereocenters. The lowest BCUT2D eigenvalue weighted by atomic mass is 10.3. The minimum Gasteiger partial charge on any atom is -0.494 e. The minimum absolute atomic E-state index is 0.185. The molecule has 1 amide bonds. The van der Waals surface area contributed by atoms with Crippen molar-refractivity contribution in [2.45, 2.75) is 6.92 Å². The van der Waals surface area contributed by atoms with Crippen LogP contribution in [0.3, 0.4) is 0 Å². The van der Waals surface area contributed by atoms with E-state index in [0.29, 0.717) is 17.1 Å². The predicted octanol–water partition coefficient (Wildman–Crippen LogP) is 1.67. The second kappa shape index (κ2) is 5.32. The number of ether oxygens (including phenoxy) is 1. The van der Waals surface area contributed by atoms with E-state index in [4.69, 9.17) is 4.74 Å². The highest BCUT2D eigenvalue weighted by molar-refractivity contribution is 6.01. The van der Waals surface area contributed by atoms with Crippen LogP contribution < -0.4 is 10.1 Å². The molecule has 0 atom stereocenters. The van der Waals surface area contributed by atoms with Gasteiger partial charge in [-0.1, -0.05) is 6.58 Å². The summed E-state index contributed by atoms with van der Waals surface area (Å²) < 4.78 is 6.74. The summed E-state index contributed by atoms with van der Waals surface area (Å²) in [5.41, 5.74) is 1.15. The maximum Gasteiger partial charge on any atom is 0.253 e. The molecule has 2 N–H and O–H groups in total. The Labute approximate surface area is 125 Å². The van der Waals surface area contributed by atoms with E-state index >= 15 is 0 Å². The maximum atomic E-state index is 11.6. The second-order valence-corrected chi connectivity index (χ2v) is 4.66. The number of carbonyl (C=O) groups is 1. The van der Waals surface area contributed by atoms with Crippen molar-refractivity contribution >= 4 is 22.8 Å². The first-order chi connectivity index (χ1) is 10.6. The van der Waals surface area contributed by atoms with Crippen molar-refractivity contribution in [3.05, 3.63) is 36.9 Å². The SMILES string of the molecule is C=C(C)C(=O)Nc1ncn(-c2ncc(OC)c3cc[nH]c23)n1. The highest BCUT2D eigenvalue weighted by Crippen LogP contribution is 2.27. The lowest BCUT2D eigenvalue weighted by Gasteiger charge is -2.05. The Morgan fingerprint density at radius 2 is 2.27 bits per heavy atom. The lowest BCUT2D eigenvalue weighted by molar-refractivity contribution is -0.112. The first-order valence-electron chi connectivity index (χ1n) is 6.49. The third-order valence-electron chi connectivity index (χ3n) is 3.08. The fourth-order valence-electron chi connectivity index (χ4n) is 1.98. The molecule has 3 heterocycles. The standard InChI is InChI=1S/C14H14N6O2/c1-8(2)13(21)18-14-17-7-20(19-14)12-11-9(4-5-15-11)10(22-3)6-16-12/h4-7,15H,1H2,2-3H3,(H,18,19,21). The Morgan fingerprint density at radius 1 is 1.45 bits per heavy atom. The summed E-state index contributed by atoms with van der Waals surface area (Å²) in [5, 5.41) is 7.63. The van der Waals surface area contributed by atoms with Crippen molar-refractivity contribution in [1.29, 1.82) is 0 Å². The van der Waals surface area contributed by atoms with Gasteiger partial charge < -0.3 is 9.72 Å². The number of amides is 1. The smallest absolute Gasteiger partial charge is 0.253 e. The van der Waals surface area contributed by atoms with Crippen LogP contribution in [0.25, 0.3) is 16.7 Å². The lowest BCUT2D eigenvalue weighted by Crippen LogP contribution is -2.13. The number of aromatic nitrogens is 5. The van der Waals surface area contributed by atoms with Crippen molar-refractivity contribution < 1.29 is 9.53 Å². The van der Waals surface area contributed by atoms with E-state index < -0.39 is 0 Å².